The van der Waals surface area contributed by atoms with Crippen LogP contribution >= 0.6 is 18.7 Å². The van der Waals surface area contributed by atoms with Crippen molar-refractivity contribution in [1.82, 2.24) is 0 Å². The molecular formula is C12H18ClO3P. The van der Waals surface area contributed by atoms with E-state index in [1.54, 1.807) is 32.4 Å². The van der Waals surface area contributed by atoms with E-state index in [0.29, 0.717) is 29.7 Å². The van der Waals surface area contributed by atoms with Gasteiger partial charge >= 0.3 is 0 Å². The highest BCUT2D eigenvalue weighted by Gasteiger charge is 2.26. The summed E-state index contributed by atoms with van der Waals surface area (Å²) in [6.45, 7) is 1.91. The van der Waals surface area contributed by atoms with Crippen LogP contribution in [0, 0.1) is 0 Å². The van der Waals surface area contributed by atoms with Crippen molar-refractivity contribution in [1.29, 1.82) is 0 Å². The molecule has 1 aromatic carbocycles. The van der Waals surface area contributed by atoms with E-state index in [4.69, 9.17) is 21.1 Å². The molecular weight excluding hydrogens is 259 g/mol. The fourth-order valence-electron chi connectivity index (χ4n) is 1.70. The average Bonchev–Trinajstić information content (AvgIpc) is 2.38. The monoisotopic (exact) mass is 276 g/mol. The molecule has 0 saturated carbocycles. The van der Waals surface area contributed by atoms with Gasteiger partial charge in [0.2, 0.25) is 0 Å². The minimum Gasteiger partial charge on any atom is -0.497 e. The van der Waals surface area contributed by atoms with Crippen LogP contribution in [0.1, 0.15) is 6.92 Å². The molecule has 0 radical (unpaired) electrons. The molecule has 17 heavy (non-hydrogen) atoms. The standard InChI is InChI=1S/C12H18ClO3P/c1-4-17(14,8-7-13)12-9-10(15-2)5-6-11(12)16-3/h5-6,9H,4,7-8H2,1-3H3. The van der Waals surface area contributed by atoms with Crippen LogP contribution in [0.25, 0.3) is 0 Å². The lowest BCUT2D eigenvalue weighted by Crippen LogP contribution is -2.14. The van der Waals surface area contributed by atoms with Crippen LogP contribution in [0.15, 0.2) is 18.2 Å². The normalized spacial score (nSPS) is 14.1. The minimum absolute atomic E-state index is 0.380. The predicted octanol–water partition coefficient (Wildman–Crippen LogP) is 2.95. The second-order valence-electron chi connectivity index (χ2n) is 3.66. The average molecular weight is 277 g/mol. The fraction of sp³-hybridized carbons (Fsp3) is 0.500. The van der Waals surface area contributed by atoms with Crippen LogP contribution in [0.3, 0.4) is 0 Å². The van der Waals surface area contributed by atoms with Gasteiger partial charge in [0.05, 0.1) is 19.5 Å². The summed E-state index contributed by atoms with van der Waals surface area (Å²) in [7, 11) is 0.679. The van der Waals surface area contributed by atoms with Gasteiger partial charge in [-0.3, -0.25) is 0 Å². The number of halogens is 1. The topological polar surface area (TPSA) is 35.5 Å². The van der Waals surface area contributed by atoms with Gasteiger partial charge in [0.1, 0.15) is 18.6 Å². The van der Waals surface area contributed by atoms with Crippen LogP contribution in [0.4, 0.5) is 0 Å². The van der Waals surface area contributed by atoms with Crippen LogP contribution in [-0.2, 0) is 4.57 Å². The van der Waals surface area contributed by atoms with Crippen molar-refractivity contribution in [3.8, 4) is 11.5 Å². The Hall–Kier alpha value is -0.660. The van der Waals surface area contributed by atoms with E-state index in [9.17, 15) is 4.57 Å². The third kappa shape index (κ3) is 3.17. The van der Waals surface area contributed by atoms with Crippen molar-refractivity contribution in [2.75, 3.05) is 32.4 Å². The number of hydrogen-bond acceptors (Lipinski definition) is 3. The molecule has 1 aromatic rings. The number of hydrogen-bond donors (Lipinski definition) is 0. The van der Waals surface area contributed by atoms with Crippen molar-refractivity contribution in [2.45, 2.75) is 6.92 Å². The molecule has 1 rings (SSSR count). The SMILES string of the molecule is CCP(=O)(CCCl)c1cc(OC)ccc1OC. The molecule has 0 aromatic heterocycles. The summed E-state index contributed by atoms with van der Waals surface area (Å²) in [5.41, 5.74) is 0. The Bertz CT molecular complexity index is 420. The first-order valence-electron chi connectivity index (χ1n) is 5.48. The molecule has 96 valence electrons. The number of rotatable bonds is 6. The lowest BCUT2D eigenvalue weighted by atomic mass is 10.3. The number of ether oxygens (including phenoxy) is 2. The van der Waals surface area contributed by atoms with Crippen molar-refractivity contribution in [2.24, 2.45) is 0 Å². The molecule has 0 fully saturated rings. The van der Waals surface area contributed by atoms with E-state index in [1.165, 1.54) is 0 Å². The molecule has 0 N–H and O–H groups in total. The fourth-order valence-corrected chi connectivity index (χ4v) is 4.62. The summed E-state index contributed by atoms with van der Waals surface area (Å²) in [6, 6.07) is 5.36. The summed E-state index contributed by atoms with van der Waals surface area (Å²) < 4.78 is 23.2. The molecule has 0 spiro atoms. The first kappa shape index (κ1) is 14.4. The van der Waals surface area contributed by atoms with E-state index >= 15 is 0 Å². The lowest BCUT2D eigenvalue weighted by Gasteiger charge is -2.19. The molecule has 0 aliphatic rings. The van der Waals surface area contributed by atoms with Crippen LogP contribution in [0.5, 0.6) is 11.5 Å². The molecule has 0 aliphatic heterocycles. The van der Waals surface area contributed by atoms with Gasteiger partial charge in [-0.25, -0.2) is 0 Å². The van der Waals surface area contributed by atoms with Gasteiger partial charge in [0.15, 0.2) is 0 Å². The Kier molecular flexibility index (Phi) is 5.35. The van der Waals surface area contributed by atoms with Crippen molar-refractivity contribution >= 4 is 24.0 Å². The van der Waals surface area contributed by atoms with E-state index < -0.39 is 7.14 Å². The number of benzene rings is 1. The maximum atomic E-state index is 12.8. The molecule has 0 aliphatic carbocycles. The van der Waals surface area contributed by atoms with Gasteiger partial charge < -0.3 is 14.0 Å². The first-order chi connectivity index (χ1) is 8.11. The number of alkyl halides is 1. The largest absolute Gasteiger partial charge is 0.497 e. The van der Waals surface area contributed by atoms with Gasteiger partial charge in [-0.1, -0.05) is 6.92 Å². The second-order valence-corrected chi connectivity index (χ2v) is 7.37. The van der Waals surface area contributed by atoms with Gasteiger partial charge in [-0.05, 0) is 18.2 Å². The predicted molar refractivity (Wildman–Crippen MR) is 72.9 cm³/mol. The first-order valence-corrected chi connectivity index (χ1v) is 8.09. The zero-order valence-electron chi connectivity index (χ0n) is 10.4. The summed E-state index contributed by atoms with van der Waals surface area (Å²) >= 11 is 5.74. The third-order valence-corrected chi connectivity index (χ3v) is 6.43. The maximum absolute atomic E-state index is 12.8. The van der Waals surface area contributed by atoms with E-state index in [1.807, 2.05) is 6.92 Å². The highest BCUT2D eigenvalue weighted by atomic mass is 35.5. The zero-order chi connectivity index (χ0) is 12.9. The van der Waals surface area contributed by atoms with E-state index in [0.717, 1.165) is 5.30 Å². The second kappa shape index (κ2) is 6.32. The molecule has 0 saturated heterocycles. The molecule has 0 bridgehead atoms. The van der Waals surface area contributed by atoms with Gasteiger partial charge in [-0.2, -0.15) is 0 Å². The summed E-state index contributed by atoms with van der Waals surface area (Å²) in [6.07, 6.45) is 1.05. The molecule has 1 atom stereocenters. The molecule has 1 unspecified atom stereocenters. The van der Waals surface area contributed by atoms with E-state index in [2.05, 4.69) is 0 Å². The smallest absolute Gasteiger partial charge is 0.129 e. The molecule has 5 heteroatoms. The van der Waals surface area contributed by atoms with Gasteiger partial charge in [-0.15, -0.1) is 11.6 Å². The Morgan fingerprint density at radius 3 is 2.47 bits per heavy atom. The van der Waals surface area contributed by atoms with Crippen LogP contribution in [-0.4, -0.2) is 32.4 Å². The number of methoxy groups -OCH3 is 2. The minimum atomic E-state index is -2.48. The van der Waals surface area contributed by atoms with Crippen LogP contribution in [0.2, 0.25) is 0 Å². The quantitative estimate of drug-likeness (QED) is 0.592. The van der Waals surface area contributed by atoms with Gasteiger partial charge in [0.25, 0.3) is 0 Å². The Morgan fingerprint density at radius 2 is 2.00 bits per heavy atom. The maximum Gasteiger partial charge on any atom is 0.129 e. The highest BCUT2D eigenvalue weighted by molar-refractivity contribution is 7.71. The van der Waals surface area contributed by atoms with Crippen molar-refractivity contribution < 1.29 is 14.0 Å². The third-order valence-electron chi connectivity index (χ3n) is 2.78. The lowest BCUT2D eigenvalue weighted by molar-refractivity contribution is 0.405. The van der Waals surface area contributed by atoms with E-state index in [-0.39, 0.29) is 0 Å². The Labute approximate surface area is 107 Å². The Morgan fingerprint density at radius 1 is 1.29 bits per heavy atom. The van der Waals surface area contributed by atoms with Crippen molar-refractivity contribution in [3.05, 3.63) is 18.2 Å². The van der Waals surface area contributed by atoms with Gasteiger partial charge in [0, 0.05) is 18.2 Å². The molecule has 0 amide bonds. The highest BCUT2D eigenvalue weighted by Crippen LogP contribution is 2.47. The molecule has 0 heterocycles. The molecule has 3 nitrogen and oxygen atoms in total. The van der Waals surface area contributed by atoms with Crippen molar-refractivity contribution in [3.63, 3.8) is 0 Å². The zero-order valence-corrected chi connectivity index (χ0v) is 12.1. The summed E-state index contributed by atoms with van der Waals surface area (Å²) in [5, 5.41) is 0.725. The van der Waals surface area contributed by atoms with Crippen LogP contribution < -0.4 is 14.8 Å². The summed E-state index contributed by atoms with van der Waals surface area (Å²) in [5.74, 6) is 1.70. The Balaban J connectivity index is 3.29. The summed E-state index contributed by atoms with van der Waals surface area (Å²) in [4.78, 5) is 0.